The summed E-state index contributed by atoms with van der Waals surface area (Å²) in [5, 5.41) is 12.4. The van der Waals surface area contributed by atoms with Crippen molar-refractivity contribution in [1.29, 1.82) is 0 Å². The highest BCUT2D eigenvalue weighted by atomic mass is 16.3. The van der Waals surface area contributed by atoms with Gasteiger partial charge in [0.15, 0.2) is 0 Å². The molecule has 3 aromatic rings. The Bertz CT molecular complexity index is 757. The molecule has 0 fully saturated rings. The van der Waals surface area contributed by atoms with Crippen molar-refractivity contribution in [2.75, 3.05) is 0 Å². The zero-order valence-corrected chi connectivity index (χ0v) is 9.14. The average Bonchev–Trinajstić information content (AvgIpc) is 2.71. The van der Waals surface area contributed by atoms with Gasteiger partial charge in [0.1, 0.15) is 5.75 Å². The number of benzene rings is 3. The number of phenolic OH excluding ortho intramolecular Hbond substituents is 1. The van der Waals surface area contributed by atoms with Gasteiger partial charge in [-0.15, -0.1) is 0 Å². The van der Waals surface area contributed by atoms with Gasteiger partial charge in [-0.25, -0.2) is 0 Å². The van der Waals surface area contributed by atoms with Gasteiger partial charge in [0.2, 0.25) is 0 Å². The van der Waals surface area contributed by atoms with Gasteiger partial charge in [-0.3, -0.25) is 0 Å². The van der Waals surface area contributed by atoms with Crippen LogP contribution in [0.3, 0.4) is 0 Å². The molecule has 1 N–H and O–H groups in total. The van der Waals surface area contributed by atoms with Crippen LogP contribution in [0.1, 0.15) is 0 Å². The van der Waals surface area contributed by atoms with Crippen molar-refractivity contribution >= 4 is 10.8 Å². The van der Waals surface area contributed by atoms with E-state index in [1.807, 2.05) is 18.2 Å². The fourth-order valence-electron chi connectivity index (χ4n) is 2.80. The van der Waals surface area contributed by atoms with Crippen LogP contribution >= 0.6 is 0 Å². The van der Waals surface area contributed by atoms with Crippen LogP contribution in [0.2, 0.25) is 0 Å². The topological polar surface area (TPSA) is 20.2 Å². The maximum atomic E-state index is 10.1. The third-order valence-electron chi connectivity index (χ3n) is 3.51. The molecule has 1 heteroatoms. The van der Waals surface area contributed by atoms with E-state index in [4.69, 9.17) is 0 Å². The highest BCUT2D eigenvalue weighted by molar-refractivity contribution is 6.16. The second kappa shape index (κ2) is 2.89. The van der Waals surface area contributed by atoms with E-state index < -0.39 is 0 Å². The first kappa shape index (κ1) is 8.82. The molecule has 0 saturated heterocycles. The lowest BCUT2D eigenvalue weighted by atomic mass is 10.0. The van der Waals surface area contributed by atoms with Gasteiger partial charge >= 0.3 is 0 Å². The summed E-state index contributed by atoms with van der Waals surface area (Å²) >= 11 is 0. The lowest BCUT2D eigenvalue weighted by Gasteiger charge is -2.04. The highest BCUT2D eigenvalue weighted by Gasteiger charge is 2.22. The number of aromatic hydroxyl groups is 1. The summed E-state index contributed by atoms with van der Waals surface area (Å²) in [6.07, 6.45) is 0. The molecular weight excluding hydrogens is 208 g/mol. The molecule has 0 aliphatic heterocycles. The van der Waals surface area contributed by atoms with Gasteiger partial charge in [0.05, 0.1) is 0 Å². The van der Waals surface area contributed by atoms with E-state index in [0.29, 0.717) is 5.75 Å². The molecule has 0 unspecified atom stereocenters. The second-order valence-corrected chi connectivity index (χ2v) is 4.41. The Labute approximate surface area is 99.0 Å². The van der Waals surface area contributed by atoms with Crippen molar-refractivity contribution < 1.29 is 5.11 Å². The van der Waals surface area contributed by atoms with Crippen LogP contribution in [0.15, 0.2) is 54.6 Å². The lowest BCUT2D eigenvalue weighted by molar-refractivity contribution is 0.478. The molecule has 1 aliphatic rings. The van der Waals surface area contributed by atoms with E-state index in [9.17, 15) is 5.11 Å². The molecule has 1 aliphatic carbocycles. The van der Waals surface area contributed by atoms with Crippen molar-refractivity contribution in [3.63, 3.8) is 0 Å². The number of hydrogen-bond acceptors (Lipinski definition) is 1. The molecule has 4 rings (SSSR count). The van der Waals surface area contributed by atoms with Gasteiger partial charge in [0, 0.05) is 10.9 Å². The molecule has 1 nitrogen and oxygen atoms in total. The number of rotatable bonds is 0. The SMILES string of the molecule is Oc1ccc2cccc3c2c1-c1ccccc1-3. The summed E-state index contributed by atoms with van der Waals surface area (Å²) in [6, 6.07) is 18.3. The average molecular weight is 218 g/mol. The van der Waals surface area contributed by atoms with Crippen molar-refractivity contribution in [1.82, 2.24) is 0 Å². The van der Waals surface area contributed by atoms with Crippen LogP contribution in [0.4, 0.5) is 0 Å². The Morgan fingerprint density at radius 3 is 2.29 bits per heavy atom. The molecule has 0 spiro atoms. The standard InChI is InChI=1S/C16H10O/c17-14-9-8-10-4-3-7-12-11-5-1-2-6-13(11)16(14)15(10)12/h1-9,17H. The molecule has 3 aromatic carbocycles. The minimum atomic E-state index is 0.370. The first-order chi connectivity index (χ1) is 8.36. The summed E-state index contributed by atoms with van der Waals surface area (Å²) in [7, 11) is 0. The summed E-state index contributed by atoms with van der Waals surface area (Å²) in [5.41, 5.74) is 4.56. The van der Waals surface area contributed by atoms with Gasteiger partial charge < -0.3 is 5.11 Å². The maximum Gasteiger partial charge on any atom is 0.124 e. The Hall–Kier alpha value is -2.28. The van der Waals surface area contributed by atoms with Crippen LogP contribution in [-0.2, 0) is 0 Å². The van der Waals surface area contributed by atoms with E-state index in [0.717, 1.165) is 11.1 Å². The second-order valence-electron chi connectivity index (χ2n) is 4.41. The summed E-state index contributed by atoms with van der Waals surface area (Å²) in [6.45, 7) is 0. The zero-order chi connectivity index (χ0) is 11.4. The number of fused-ring (bicyclic) bond motifs is 3. The van der Waals surface area contributed by atoms with Crippen LogP contribution < -0.4 is 0 Å². The first-order valence-corrected chi connectivity index (χ1v) is 5.71. The highest BCUT2D eigenvalue weighted by Crippen LogP contribution is 2.50. The predicted molar refractivity (Wildman–Crippen MR) is 70.0 cm³/mol. The van der Waals surface area contributed by atoms with Gasteiger partial charge in [-0.1, -0.05) is 48.5 Å². The van der Waals surface area contributed by atoms with E-state index in [1.165, 1.54) is 21.9 Å². The van der Waals surface area contributed by atoms with Crippen LogP contribution in [0, 0.1) is 0 Å². The molecule has 0 saturated carbocycles. The molecule has 80 valence electrons. The minimum Gasteiger partial charge on any atom is -0.507 e. The van der Waals surface area contributed by atoms with Gasteiger partial charge in [0.25, 0.3) is 0 Å². The van der Waals surface area contributed by atoms with E-state index in [1.54, 1.807) is 6.07 Å². The van der Waals surface area contributed by atoms with E-state index in [-0.39, 0.29) is 0 Å². The molecular formula is C16H10O. The molecule has 0 heterocycles. The van der Waals surface area contributed by atoms with Crippen molar-refractivity contribution in [3.8, 4) is 28.0 Å². The fraction of sp³-hybridized carbons (Fsp3) is 0. The fourth-order valence-corrected chi connectivity index (χ4v) is 2.80. The third-order valence-corrected chi connectivity index (χ3v) is 3.51. The zero-order valence-electron chi connectivity index (χ0n) is 9.14. The quantitative estimate of drug-likeness (QED) is 0.469. The van der Waals surface area contributed by atoms with Crippen LogP contribution in [-0.4, -0.2) is 5.11 Å². The summed E-state index contributed by atoms with van der Waals surface area (Å²) in [5.74, 6) is 0.370. The third kappa shape index (κ3) is 0.986. The normalized spacial score (nSPS) is 11.8. The molecule has 0 atom stereocenters. The van der Waals surface area contributed by atoms with Gasteiger partial charge in [-0.05, 0) is 28.1 Å². The van der Waals surface area contributed by atoms with Crippen molar-refractivity contribution in [2.45, 2.75) is 0 Å². The summed E-state index contributed by atoms with van der Waals surface area (Å²) in [4.78, 5) is 0. The number of hydrogen-bond donors (Lipinski definition) is 1. The smallest absolute Gasteiger partial charge is 0.124 e. The van der Waals surface area contributed by atoms with Gasteiger partial charge in [-0.2, -0.15) is 0 Å². The molecule has 0 radical (unpaired) electrons. The first-order valence-electron chi connectivity index (χ1n) is 5.71. The molecule has 0 aromatic heterocycles. The molecule has 0 bridgehead atoms. The van der Waals surface area contributed by atoms with E-state index in [2.05, 4.69) is 30.3 Å². The Kier molecular flexibility index (Phi) is 1.50. The van der Waals surface area contributed by atoms with E-state index >= 15 is 0 Å². The molecule has 17 heavy (non-hydrogen) atoms. The monoisotopic (exact) mass is 218 g/mol. The van der Waals surface area contributed by atoms with Crippen molar-refractivity contribution in [2.24, 2.45) is 0 Å². The number of phenols is 1. The Morgan fingerprint density at radius 2 is 1.41 bits per heavy atom. The minimum absolute atomic E-state index is 0.370. The lowest BCUT2D eigenvalue weighted by Crippen LogP contribution is -1.76. The van der Waals surface area contributed by atoms with Crippen LogP contribution in [0.5, 0.6) is 5.75 Å². The van der Waals surface area contributed by atoms with Crippen LogP contribution in [0.25, 0.3) is 33.0 Å². The predicted octanol–water partition coefficient (Wildman–Crippen LogP) is 4.19. The Balaban J connectivity index is 2.33. The Morgan fingerprint density at radius 1 is 0.647 bits per heavy atom. The summed E-state index contributed by atoms with van der Waals surface area (Å²) < 4.78 is 0. The largest absolute Gasteiger partial charge is 0.507 e. The maximum absolute atomic E-state index is 10.1. The molecule has 0 amide bonds. The van der Waals surface area contributed by atoms with Crippen molar-refractivity contribution in [3.05, 3.63) is 54.6 Å².